The first-order valence-corrected chi connectivity index (χ1v) is 7.49. The molecule has 0 aliphatic rings. The van der Waals surface area contributed by atoms with Crippen LogP contribution < -0.4 is 10.1 Å². The summed E-state index contributed by atoms with van der Waals surface area (Å²) in [4.78, 5) is 27.9. The summed E-state index contributed by atoms with van der Waals surface area (Å²) in [5.74, 6) is -0.310. The van der Waals surface area contributed by atoms with Crippen molar-refractivity contribution in [3.05, 3.63) is 66.0 Å². The van der Waals surface area contributed by atoms with Crippen LogP contribution in [0.15, 0.2) is 54.7 Å². The lowest BCUT2D eigenvalue weighted by Crippen LogP contribution is -2.15. The number of nitrogens with one attached hydrogen (secondary N) is 1. The van der Waals surface area contributed by atoms with Crippen LogP contribution in [0.3, 0.4) is 0 Å². The van der Waals surface area contributed by atoms with E-state index < -0.39 is 5.97 Å². The number of pyridine rings is 1. The summed E-state index contributed by atoms with van der Waals surface area (Å²) < 4.78 is 5.30. The van der Waals surface area contributed by atoms with Gasteiger partial charge in [0.2, 0.25) is 0 Å². The van der Waals surface area contributed by atoms with Gasteiger partial charge in [-0.25, -0.2) is 0 Å². The van der Waals surface area contributed by atoms with Crippen LogP contribution >= 0.6 is 0 Å². The number of carbonyl (C=O) groups is 2. The lowest BCUT2D eigenvalue weighted by atomic mass is 10.0. The molecule has 24 heavy (non-hydrogen) atoms. The molecule has 0 saturated carbocycles. The first-order valence-electron chi connectivity index (χ1n) is 7.49. The molecule has 2 aromatic carbocycles. The number of hydrogen-bond donors (Lipinski definition) is 1. The van der Waals surface area contributed by atoms with Crippen molar-refractivity contribution in [3.8, 4) is 5.75 Å². The van der Waals surface area contributed by atoms with E-state index in [2.05, 4.69) is 10.3 Å². The van der Waals surface area contributed by atoms with Crippen LogP contribution in [-0.2, 0) is 4.79 Å². The topological polar surface area (TPSA) is 68.3 Å². The lowest BCUT2D eigenvalue weighted by Gasteiger charge is -2.14. The molecule has 0 aliphatic heterocycles. The Morgan fingerprint density at radius 1 is 1.04 bits per heavy atom. The van der Waals surface area contributed by atoms with Crippen LogP contribution in [0.1, 0.15) is 23.0 Å². The van der Waals surface area contributed by atoms with E-state index in [1.165, 1.54) is 6.92 Å². The van der Waals surface area contributed by atoms with Gasteiger partial charge in [-0.1, -0.05) is 30.3 Å². The molecule has 3 rings (SSSR count). The number of ether oxygens (including phenoxy) is 1. The standard InChI is InChI=1S/C19H16N2O3/c1-12-9-10-14-6-5-8-16(24-13(2)22)17(14)18(12)21-19(23)15-7-3-4-11-20-15/h3-11H,1-2H3,(H,21,23). The fourth-order valence-electron chi connectivity index (χ4n) is 2.53. The fraction of sp³-hybridized carbons (Fsp3) is 0.105. The Hall–Kier alpha value is -3.21. The highest BCUT2D eigenvalue weighted by Gasteiger charge is 2.15. The van der Waals surface area contributed by atoms with Crippen LogP contribution in [0.5, 0.6) is 5.75 Å². The molecule has 0 spiro atoms. The van der Waals surface area contributed by atoms with E-state index >= 15 is 0 Å². The fourth-order valence-corrected chi connectivity index (χ4v) is 2.53. The molecule has 5 nitrogen and oxygen atoms in total. The Labute approximate surface area is 139 Å². The first kappa shape index (κ1) is 15.7. The molecule has 0 unspecified atom stereocenters. The lowest BCUT2D eigenvalue weighted by molar-refractivity contribution is -0.131. The van der Waals surface area contributed by atoms with Crippen LogP contribution in [0, 0.1) is 6.92 Å². The molecule has 0 aliphatic carbocycles. The highest BCUT2D eigenvalue weighted by molar-refractivity contribution is 6.11. The highest BCUT2D eigenvalue weighted by Crippen LogP contribution is 2.35. The Kier molecular flexibility index (Phi) is 4.24. The molecule has 0 fully saturated rings. The molecular weight excluding hydrogens is 304 g/mol. The van der Waals surface area contributed by atoms with Crippen molar-refractivity contribution in [2.24, 2.45) is 0 Å². The zero-order valence-corrected chi connectivity index (χ0v) is 13.4. The maximum Gasteiger partial charge on any atom is 0.308 e. The number of aromatic nitrogens is 1. The molecule has 120 valence electrons. The Morgan fingerprint density at radius 2 is 1.88 bits per heavy atom. The molecule has 3 aromatic rings. The van der Waals surface area contributed by atoms with Crippen molar-refractivity contribution in [2.75, 3.05) is 5.32 Å². The second-order valence-electron chi connectivity index (χ2n) is 5.37. The molecule has 5 heteroatoms. The minimum Gasteiger partial charge on any atom is -0.426 e. The van der Waals surface area contributed by atoms with E-state index in [4.69, 9.17) is 4.74 Å². The zero-order chi connectivity index (χ0) is 17.1. The number of esters is 1. The molecule has 1 amide bonds. The van der Waals surface area contributed by atoms with Gasteiger partial charge in [-0.2, -0.15) is 0 Å². The van der Waals surface area contributed by atoms with Gasteiger partial charge in [0.05, 0.1) is 5.69 Å². The van der Waals surface area contributed by atoms with Gasteiger partial charge in [-0.05, 0) is 36.1 Å². The van der Waals surface area contributed by atoms with Crippen molar-refractivity contribution in [2.45, 2.75) is 13.8 Å². The van der Waals surface area contributed by atoms with Crippen LogP contribution in [-0.4, -0.2) is 16.9 Å². The maximum absolute atomic E-state index is 12.5. The zero-order valence-electron chi connectivity index (χ0n) is 13.4. The van der Waals surface area contributed by atoms with Crippen molar-refractivity contribution in [3.63, 3.8) is 0 Å². The third-order valence-corrected chi connectivity index (χ3v) is 3.61. The molecule has 1 heterocycles. The van der Waals surface area contributed by atoms with Crippen molar-refractivity contribution in [1.29, 1.82) is 0 Å². The largest absolute Gasteiger partial charge is 0.426 e. The van der Waals surface area contributed by atoms with Gasteiger partial charge in [-0.15, -0.1) is 0 Å². The van der Waals surface area contributed by atoms with Gasteiger partial charge in [0.1, 0.15) is 11.4 Å². The average molecular weight is 320 g/mol. The number of fused-ring (bicyclic) bond motifs is 1. The summed E-state index contributed by atoms with van der Waals surface area (Å²) in [5.41, 5.74) is 1.80. The number of amides is 1. The molecule has 1 aromatic heterocycles. The highest BCUT2D eigenvalue weighted by atomic mass is 16.5. The smallest absolute Gasteiger partial charge is 0.308 e. The van der Waals surface area contributed by atoms with E-state index in [1.54, 1.807) is 36.5 Å². The van der Waals surface area contributed by atoms with Crippen molar-refractivity contribution in [1.82, 2.24) is 4.98 Å². The summed E-state index contributed by atoms with van der Waals surface area (Å²) in [6, 6.07) is 14.4. The number of rotatable bonds is 3. The average Bonchev–Trinajstić information content (AvgIpc) is 2.58. The Balaban J connectivity index is 2.11. The second kappa shape index (κ2) is 6.50. The van der Waals surface area contributed by atoms with Gasteiger partial charge >= 0.3 is 5.97 Å². The van der Waals surface area contributed by atoms with Gasteiger partial charge in [0.15, 0.2) is 0 Å². The Bertz CT molecular complexity index is 921. The van der Waals surface area contributed by atoms with E-state index in [0.717, 1.165) is 10.9 Å². The van der Waals surface area contributed by atoms with E-state index in [0.29, 0.717) is 22.5 Å². The SMILES string of the molecule is CC(=O)Oc1cccc2ccc(C)c(NC(=O)c3ccccn3)c12. The summed E-state index contributed by atoms with van der Waals surface area (Å²) in [5, 5.41) is 4.45. The summed E-state index contributed by atoms with van der Waals surface area (Å²) >= 11 is 0. The minimum absolute atomic E-state index is 0.316. The van der Waals surface area contributed by atoms with Crippen LogP contribution in [0.4, 0.5) is 5.69 Å². The van der Waals surface area contributed by atoms with Crippen molar-refractivity contribution < 1.29 is 14.3 Å². The maximum atomic E-state index is 12.5. The van der Waals surface area contributed by atoms with Gasteiger partial charge in [-0.3, -0.25) is 14.6 Å². The van der Waals surface area contributed by atoms with Gasteiger partial charge in [0, 0.05) is 18.5 Å². The van der Waals surface area contributed by atoms with Crippen molar-refractivity contribution >= 4 is 28.3 Å². The normalized spacial score (nSPS) is 10.4. The third-order valence-electron chi connectivity index (χ3n) is 3.61. The second-order valence-corrected chi connectivity index (χ2v) is 5.37. The number of benzene rings is 2. The van der Waals surface area contributed by atoms with Gasteiger partial charge in [0.25, 0.3) is 5.91 Å². The number of hydrogen-bond acceptors (Lipinski definition) is 4. The third kappa shape index (κ3) is 3.10. The number of nitrogens with zero attached hydrogens (tertiary/aromatic N) is 1. The van der Waals surface area contributed by atoms with E-state index in [-0.39, 0.29) is 5.91 Å². The summed E-state index contributed by atoms with van der Waals surface area (Å²) in [6.45, 7) is 3.23. The number of carbonyl (C=O) groups excluding carboxylic acids is 2. The molecular formula is C19H16N2O3. The minimum atomic E-state index is -0.411. The van der Waals surface area contributed by atoms with Crippen LogP contribution in [0.25, 0.3) is 10.8 Å². The van der Waals surface area contributed by atoms with E-state index in [1.807, 2.05) is 25.1 Å². The van der Waals surface area contributed by atoms with Crippen LogP contribution in [0.2, 0.25) is 0 Å². The molecule has 0 saturated heterocycles. The molecule has 1 N–H and O–H groups in total. The predicted molar refractivity (Wildman–Crippen MR) is 92.2 cm³/mol. The molecule has 0 radical (unpaired) electrons. The number of anilines is 1. The molecule has 0 bridgehead atoms. The van der Waals surface area contributed by atoms with E-state index in [9.17, 15) is 9.59 Å². The van der Waals surface area contributed by atoms with Gasteiger partial charge < -0.3 is 10.1 Å². The number of aryl methyl sites for hydroxylation is 1. The summed E-state index contributed by atoms with van der Waals surface area (Å²) in [6.07, 6.45) is 1.56. The first-order chi connectivity index (χ1) is 11.6. The predicted octanol–water partition coefficient (Wildman–Crippen LogP) is 3.72. The monoisotopic (exact) mass is 320 g/mol. The quantitative estimate of drug-likeness (QED) is 0.590. The Morgan fingerprint density at radius 3 is 2.58 bits per heavy atom. The summed E-state index contributed by atoms with van der Waals surface area (Å²) in [7, 11) is 0. The molecule has 0 atom stereocenters.